The smallest absolute Gasteiger partial charge is 0.178 e. The minimum Gasteiger partial charge on any atom is -0.330 e. The average molecular weight is 263 g/mol. The van der Waals surface area contributed by atoms with Crippen molar-refractivity contribution in [1.82, 2.24) is 0 Å². The van der Waals surface area contributed by atoms with Crippen LogP contribution < -0.4 is 5.73 Å². The van der Waals surface area contributed by atoms with E-state index in [2.05, 4.69) is 0 Å². The fourth-order valence-electron chi connectivity index (χ4n) is 1.17. The summed E-state index contributed by atoms with van der Waals surface area (Å²) in [7, 11) is -6.01. The van der Waals surface area contributed by atoms with Gasteiger partial charge in [-0.05, 0) is 37.2 Å². The predicted molar refractivity (Wildman–Crippen MR) is 60.7 cm³/mol. The zero-order valence-electron chi connectivity index (χ0n) is 8.50. The molecule has 0 atom stereocenters. The number of sulfone groups is 1. The van der Waals surface area contributed by atoms with Gasteiger partial charge in [-0.25, -0.2) is 16.8 Å². The molecular weight excluding hydrogens is 250 g/mol. The molecule has 7 heteroatoms. The van der Waals surface area contributed by atoms with E-state index in [1.807, 2.05) is 0 Å². The predicted octanol–water partition coefficient (Wildman–Crippen LogP) is -0.221. The van der Waals surface area contributed by atoms with Crippen LogP contribution in [0.25, 0.3) is 0 Å². The molecule has 0 aromatic heterocycles. The first kappa shape index (κ1) is 13.1. The second-order valence-corrected chi connectivity index (χ2v) is 6.35. The van der Waals surface area contributed by atoms with Gasteiger partial charge in [0.25, 0.3) is 0 Å². The van der Waals surface area contributed by atoms with Crippen molar-refractivity contribution in [3.05, 3.63) is 24.3 Å². The van der Waals surface area contributed by atoms with E-state index in [-0.39, 0.29) is 15.5 Å². The summed E-state index contributed by atoms with van der Waals surface area (Å²) in [5.74, 6) is -0.0215. The molecule has 5 nitrogen and oxygen atoms in total. The lowest BCUT2D eigenvalue weighted by Gasteiger charge is -2.03. The Morgan fingerprint density at radius 3 is 2.12 bits per heavy atom. The summed E-state index contributed by atoms with van der Waals surface area (Å²) < 4.78 is 44.5. The molecule has 0 aliphatic heterocycles. The Bertz CT molecular complexity index is 509. The Kier molecular flexibility index (Phi) is 4.45. The minimum atomic E-state index is -3.34. The molecule has 0 radical (unpaired) electrons. The Morgan fingerprint density at radius 1 is 1.12 bits per heavy atom. The van der Waals surface area contributed by atoms with Crippen molar-refractivity contribution in [3.63, 3.8) is 0 Å². The van der Waals surface area contributed by atoms with Crippen LogP contribution in [0.3, 0.4) is 0 Å². The van der Waals surface area contributed by atoms with Gasteiger partial charge in [-0.3, -0.25) is 0 Å². The zero-order valence-corrected chi connectivity index (χ0v) is 10.2. The molecule has 0 aliphatic carbocycles. The third-order valence-corrected chi connectivity index (χ3v) is 4.56. The molecule has 90 valence electrons. The SMILES string of the molecule is NCCCS(=O)(=O)c1ccc([SH](=O)=O)cc1. The second-order valence-electron chi connectivity index (χ2n) is 3.21. The highest BCUT2D eigenvalue weighted by molar-refractivity contribution is 7.91. The summed E-state index contributed by atoms with van der Waals surface area (Å²) >= 11 is 0. The average Bonchev–Trinajstić information content (AvgIpc) is 2.26. The maximum atomic E-state index is 11.7. The van der Waals surface area contributed by atoms with E-state index in [1.165, 1.54) is 24.3 Å². The first-order valence-corrected chi connectivity index (χ1v) is 7.47. The fourth-order valence-corrected chi connectivity index (χ4v) is 2.89. The maximum absolute atomic E-state index is 11.7. The molecule has 2 N–H and O–H groups in total. The molecule has 1 rings (SSSR count). The summed E-state index contributed by atoms with van der Waals surface area (Å²) in [5, 5.41) is 0. The van der Waals surface area contributed by atoms with Crippen LogP contribution in [0, 0.1) is 0 Å². The molecule has 0 amide bonds. The maximum Gasteiger partial charge on any atom is 0.178 e. The standard InChI is InChI=1S/C9H13NO4S2/c10-6-1-7-16(13,14)9-4-2-8(3-5-9)15(11)12/h2-5,15H,1,6-7,10H2. The molecule has 0 bridgehead atoms. The Hall–Kier alpha value is -0.920. The van der Waals surface area contributed by atoms with Gasteiger partial charge >= 0.3 is 0 Å². The van der Waals surface area contributed by atoms with Crippen molar-refractivity contribution < 1.29 is 16.8 Å². The number of hydrogen-bond donors (Lipinski definition) is 2. The normalized spacial score (nSPS) is 11.9. The topological polar surface area (TPSA) is 94.3 Å². The largest absolute Gasteiger partial charge is 0.330 e. The third-order valence-electron chi connectivity index (χ3n) is 2.02. The molecule has 1 aromatic carbocycles. The summed E-state index contributed by atoms with van der Waals surface area (Å²) in [5.41, 5.74) is 5.23. The van der Waals surface area contributed by atoms with Gasteiger partial charge < -0.3 is 5.73 Å². The van der Waals surface area contributed by atoms with Crippen molar-refractivity contribution >= 4 is 20.5 Å². The van der Waals surface area contributed by atoms with Gasteiger partial charge in [-0.2, -0.15) is 0 Å². The van der Waals surface area contributed by atoms with Crippen LogP contribution in [0.1, 0.15) is 6.42 Å². The summed E-state index contributed by atoms with van der Waals surface area (Å²) in [6.45, 7) is 0.309. The van der Waals surface area contributed by atoms with Gasteiger partial charge in [0.15, 0.2) is 20.5 Å². The number of rotatable bonds is 5. The van der Waals surface area contributed by atoms with Crippen LogP contribution in [-0.4, -0.2) is 29.1 Å². The molecule has 0 fully saturated rings. The van der Waals surface area contributed by atoms with Gasteiger partial charge in [0.05, 0.1) is 15.5 Å². The van der Waals surface area contributed by atoms with Gasteiger partial charge in [0, 0.05) is 0 Å². The number of nitrogens with two attached hydrogens (primary N) is 1. The van der Waals surface area contributed by atoms with E-state index < -0.39 is 20.5 Å². The van der Waals surface area contributed by atoms with E-state index in [4.69, 9.17) is 5.73 Å². The van der Waals surface area contributed by atoms with Crippen LogP contribution in [0.4, 0.5) is 0 Å². The van der Waals surface area contributed by atoms with Crippen molar-refractivity contribution in [2.45, 2.75) is 16.2 Å². The van der Waals surface area contributed by atoms with Crippen molar-refractivity contribution in [3.8, 4) is 0 Å². The van der Waals surface area contributed by atoms with Crippen LogP contribution >= 0.6 is 0 Å². The van der Waals surface area contributed by atoms with Crippen molar-refractivity contribution in [1.29, 1.82) is 0 Å². The van der Waals surface area contributed by atoms with E-state index >= 15 is 0 Å². The van der Waals surface area contributed by atoms with E-state index in [0.717, 1.165) is 0 Å². The number of thiol groups is 1. The lowest BCUT2D eigenvalue weighted by molar-refractivity contribution is 0.593. The Labute approximate surface area is 96.1 Å². The molecule has 0 spiro atoms. The second kappa shape index (κ2) is 5.42. The highest BCUT2D eigenvalue weighted by Crippen LogP contribution is 2.13. The van der Waals surface area contributed by atoms with E-state index in [9.17, 15) is 16.8 Å². The number of hydrogen-bond acceptors (Lipinski definition) is 5. The van der Waals surface area contributed by atoms with Crippen LogP contribution in [-0.2, 0) is 20.5 Å². The van der Waals surface area contributed by atoms with Gasteiger partial charge in [-0.15, -0.1) is 0 Å². The van der Waals surface area contributed by atoms with Gasteiger partial charge in [-0.1, -0.05) is 0 Å². The molecule has 0 heterocycles. The lowest BCUT2D eigenvalue weighted by atomic mass is 10.4. The zero-order chi connectivity index (χ0) is 12.2. The highest BCUT2D eigenvalue weighted by Gasteiger charge is 2.13. The first-order chi connectivity index (χ1) is 7.47. The molecule has 0 saturated carbocycles. The van der Waals surface area contributed by atoms with Crippen molar-refractivity contribution in [2.24, 2.45) is 5.73 Å². The lowest BCUT2D eigenvalue weighted by Crippen LogP contribution is -2.11. The monoisotopic (exact) mass is 263 g/mol. The van der Waals surface area contributed by atoms with Crippen molar-refractivity contribution in [2.75, 3.05) is 12.3 Å². The van der Waals surface area contributed by atoms with Crippen LogP contribution in [0.2, 0.25) is 0 Å². The van der Waals surface area contributed by atoms with E-state index in [1.54, 1.807) is 0 Å². The molecule has 0 aliphatic rings. The summed E-state index contributed by atoms with van der Waals surface area (Å²) in [4.78, 5) is 0.231. The first-order valence-electron chi connectivity index (χ1n) is 4.64. The molecular formula is C9H13NO4S2. The molecule has 0 unspecified atom stereocenters. The summed E-state index contributed by atoms with van der Waals surface area (Å²) in [6, 6.07) is 5.15. The Morgan fingerprint density at radius 2 is 1.69 bits per heavy atom. The number of benzene rings is 1. The van der Waals surface area contributed by atoms with E-state index in [0.29, 0.717) is 13.0 Å². The quantitative estimate of drug-likeness (QED) is 0.716. The summed E-state index contributed by atoms with van der Waals surface area (Å²) in [6.07, 6.45) is 0.389. The van der Waals surface area contributed by atoms with Crippen LogP contribution in [0.15, 0.2) is 34.1 Å². The van der Waals surface area contributed by atoms with Crippen LogP contribution in [0.5, 0.6) is 0 Å². The van der Waals surface area contributed by atoms with Gasteiger partial charge in [0.2, 0.25) is 0 Å². The molecule has 0 saturated heterocycles. The molecule has 1 aromatic rings. The third kappa shape index (κ3) is 3.29. The molecule has 16 heavy (non-hydrogen) atoms. The Balaban J connectivity index is 2.97. The minimum absolute atomic E-state index is 0.0215. The van der Waals surface area contributed by atoms with Gasteiger partial charge in [0.1, 0.15) is 0 Å². The highest BCUT2D eigenvalue weighted by atomic mass is 32.2. The fraction of sp³-hybridized carbons (Fsp3) is 0.333.